The van der Waals surface area contributed by atoms with Crippen molar-refractivity contribution in [2.45, 2.75) is 6.92 Å². The van der Waals surface area contributed by atoms with E-state index >= 15 is 0 Å². The van der Waals surface area contributed by atoms with Crippen molar-refractivity contribution >= 4 is 10.4 Å². The highest BCUT2D eigenvalue weighted by molar-refractivity contribution is 7.80. The molecule has 0 amide bonds. The van der Waals surface area contributed by atoms with Crippen LogP contribution in [0.4, 0.5) is 0 Å². The topological polar surface area (TPSA) is 79.5 Å². The molecule has 0 aliphatic heterocycles. The van der Waals surface area contributed by atoms with E-state index in [1.807, 2.05) is 31.5 Å². The fourth-order valence-corrected chi connectivity index (χ4v) is 0.680. The second kappa shape index (κ2) is 6.33. The van der Waals surface area contributed by atoms with Gasteiger partial charge in [0.1, 0.15) is 7.11 Å². The maximum Gasteiger partial charge on any atom is 0.225 e. The summed E-state index contributed by atoms with van der Waals surface area (Å²) >= 11 is 0. The highest BCUT2D eigenvalue weighted by Gasteiger charge is 1.94. The van der Waals surface area contributed by atoms with Crippen LogP contribution in [0.15, 0.2) is 24.5 Å². The summed E-state index contributed by atoms with van der Waals surface area (Å²) < 4.78 is 32.7. The Kier molecular flexibility index (Phi) is 5.83. The molecule has 0 radical (unpaired) electrons. The third kappa shape index (κ3) is 7.86. The second-order valence-corrected chi connectivity index (χ2v) is 3.65. The Morgan fingerprint density at radius 2 is 1.93 bits per heavy atom. The quantitative estimate of drug-likeness (QED) is 0.390. The lowest BCUT2D eigenvalue weighted by Crippen LogP contribution is -2.39. The van der Waals surface area contributed by atoms with Crippen molar-refractivity contribution in [3.05, 3.63) is 30.1 Å². The number of nitrogens with zero attached hydrogens (tertiary/aromatic N) is 1. The van der Waals surface area contributed by atoms with Gasteiger partial charge in [0.2, 0.25) is 22.8 Å². The summed E-state index contributed by atoms with van der Waals surface area (Å²) in [6.07, 6.45) is 3.77. The molecule has 7 heteroatoms. The van der Waals surface area contributed by atoms with Crippen molar-refractivity contribution in [2.24, 2.45) is 0 Å². The SMILES string of the molecule is COS(=O)(=O)[O-].CO[n+]1cccc(C)c1. The van der Waals surface area contributed by atoms with Crippen LogP contribution in [0.3, 0.4) is 0 Å². The zero-order valence-electron chi connectivity index (χ0n) is 8.71. The molecule has 1 heterocycles. The summed E-state index contributed by atoms with van der Waals surface area (Å²) in [6.45, 7) is 2.02. The van der Waals surface area contributed by atoms with Gasteiger partial charge in [-0.1, -0.05) is 0 Å². The number of rotatable bonds is 2. The molecule has 15 heavy (non-hydrogen) atoms. The number of aromatic nitrogens is 1. The van der Waals surface area contributed by atoms with E-state index in [1.54, 1.807) is 11.8 Å². The molecule has 86 valence electrons. The number of hydrogen-bond donors (Lipinski definition) is 0. The van der Waals surface area contributed by atoms with Gasteiger partial charge in [-0.15, -0.1) is 0 Å². The first-order chi connectivity index (χ1) is 6.89. The van der Waals surface area contributed by atoms with Crippen LogP contribution in [0.1, 0.15) is 5.56 Å². The van der Waals surface area contributed by atoms with Crippen LogP contribution in [0, 0.1) is 6.92 Å². The Morgan fingerprint density at radius 1 is 1.40 bits per heavy atom. The van der Waals surface area contributed by atoms with E-state index in [2.05, 4.69) is 4.18 Å². The maximum atomic E-state index is 9.22. The molecule has 0 saturated heterocycles. The highest BCUT2D eigenvalue weighted by atomic mass is 32.3. The number of aryl methyl sites for hydroxylation is 1. The highest BCUT2D eigenvalue weighted by Crippen LogP contribution is 1.87. The molecule has 0 aromatic carbocycles. The van der Waals surface area contributed by atoms with E-state index in [1.165, 1.54) is 5.56 Å². The van der Waals surface area contributed by atoms with Crippen LogP contribution in [0.25, 0.3) is 0 Å². The summed E-state index contributed by atoms with van der Waals surface area (Å²) in [5.74, 6) is 0. The smallest absolute Gasteiger partial charge is 0.225 e. The molecule has 1 aromatic heterocycles. The van der Waals surface area contributed by atoms with E-state index in [0.717, 1.165) is 7.11 Å². The number of hydrogen-bond acceptors (Lipinski definition) is 5. The van der Waals surface area contributed by atoms with Crippen molar-refractivity contribution < 1.29 is 26.7 Å². The lowest BCUT2D eigenvalue weighted by molar-refractivity contribution is -0.885. The van der Waals surface area contributed by atoms with E-state index < -0.39 is 10.4 Å². The Balaban J connectivity index is 0.000000288. The van der Waals surface area contributed by atoms with Gasteiger partial charge in [-0.25, -0.2) is 8.42 Å². The first-order valence-electron chi connectivity index (χ1n) is 3.93. The first kappa shape index (κ1) is 13.8. The van der Waals surface area contributed by atoms with Gasteiger partial charge in [-0.05, 0) is 13.0 Å². The average molecular weight is 235 g/mol. The molecule has 0 bridgehead atoms. The minimum absolute atomic E-state index is 0.808. The van der Waals surface area contributed by atoms with E-state index in [-0.39, 0.29) is 0 Å². The molecule has 0 N–H and O–H groups in total. The maximum absolute atomic E-state index is 9.22. The van der Waals surface area contributed by atoms with Gasteiger partial charge in [-0.2, -0.15) is 0 Å². The molecule has 0 aliphatic carbocycles. The van der Waals surface area contributed by atoms with Gasteiger partial charge in [0.25, 0.3) is 0 Å². The molecule has 0 fully saturated rings. The van der Waals surface area contributed by atoms with Crippen molar-refractivity contribution in [3.63, 3.8) is 0 Å². The van der Waals surface area contributed by atoms with Gasteiger partial charge in [0.05, 0.1) is 7.11 Å². The first-order valence-corrected chi connectivity index (χ1v) is 5.26. The number of pyridine rings is 1. The molecular formula is C8H13NO5S. The van der Waals surface area contributed by atoms with Gasteiger partial charge in [-0.3, -0.25) is 9.02 Å². The molecule has 0 atom stereocenters. The monoisotopic (exact) mass is 235 g/mol. The summed E-state index contributed by atoms with van der Waals surface area (Å²) in [7, 11) is -1.97. The fraction of sp³-hybridized carbons (Fsp3) is 0.375. The standard InChI is InChI=1S/C7H10NO.CH4O4S/c1-7-4-3-5-8(6-7)9-2;1-5-6(2,3)4/h3-6H,1-2H3;1H3,(H,2,3,4)/q+1;/p-1. The lowest BCUT2D eigenvalue weighted by Gasteiger charge is -1.98. The molecule has 0 saturated carbocycles. The largest absolute Gasteiger partial charge is 0.726 e. The van der Waals surface area contributed by atoms with Gasteiger partial charge in [0, 0.05) is 16.4 Å². The summed E-state index contributed by atoms with van der Waals surface area (Å²) in [6, 6.07) is 3.97. The average Bonchev–Trinajstić information content (AvgIpc) is 2.18. The van der Waals surface area contributed by atoms with Crippen LogP contribution in [-0.2, 0) is 14.6 Å². The molecule has 1 aromatic rings. The normalized spacial score (nSPS) is 10.1. The van der Waals surface area contributed by atoms with Gasteiger partial charge >= 0.3 is 0 Å². The third-order valence-corrected chi connectivity index (χ3v) is 1.75. The van der Waals surface area contributed by atoms with Crippen molar-refractivity contribution in [1.29, 1.82) is 0 Å². The van der Waals surface area contributed by atoms with Crippen LogP contribution in [0.5, 0.6) is 0 Å². The predicted octanol–water partition coefficient (Wildman–Crippen LogP) is -0.566. The van der Waals surface area contributed by atoms with E-state index in [0.29, 0.717) is 0 Å². The van der Waals surface area contributed by atoms with Crippen molar-refractivity contribution in [2.75, 3.05) is 14.2 Å². The van der Waals surface area contributed by atoms with Gasteiger partial charge in [0.15, 0.2) is 0 Å². The second-order valence-electron chi connectivity index (χ2n) is 2.50. The molecule has 0 aliphatic rings. The molecule has 1 rings (SSSR count). The van der Waals surface area contributed by atoms with Crippen LogP contribution in [-0.4, -0.2) is 27.2 Å². The predicted molar refractivity (Wildman–Crippen MR) is 50.6 cm³/mol. The molecule has 0 unspecified atom stereocenters. The summed E-state index contributed by atoms with van der Waals surface area (Å²) in [5, 5.41) is 0. The Labute approximate surface area is 89.0 Å². The zero-order valence-corrected chi connectivity index (χ0v) is 9.52. The van der Waals surface area contributed by atoms with Crippen molar-refractivity contribution in [3.8, 4) is 0 Å². The molecule has 6 nitrogen and oxygen atoms in total. The lowest BCUT2D eigenvalue weighted by atomic mass is 10.3. The van der Waals surface area contributed by atoms with E-state index in [9.17, 15) is 13.0 Å². The van der Waals surface area contributed by atoms with Crippen molar-refractivity contribution in [1.82, 2.24) is 0 Å². The Morgan fingerprint density at radius 3 is 2.20 bits per heavy atom. The van der Waals surface area contributed by atoms with E-state index in [4.69, 9.17) is 4.84 Å². The molecular weight excluding hydrogens is 222 g/mol. The molecule has 0 spiro atoms. The Hall–Kier alpha value is -1.18. The third-order valence-electron chi connectivity index (χ3n) is 1.34. The van der Waals surface area contributed by atoms with Crippen LogP contribution >= 0.6 is 0 Å². The summed E-state index contributed by atoms with van der Waals surface area (Å²) in [4.78, 5) is 4.91. The Bertz CT molecular complexity index is 390. The van der Waals surface area contributed by atoms with Gasteiger partial charge < -0.3 is 4.55 Å². The summed E-state index contributed by atoms with van der Waals surface area (Å²) in [5.41, 5.74) is 1.19. The minimum Gasteiger partial charge on any atom is -0.726 e. The zero-order chi connectivity index (χ0) is 11.9. The minimum atomic E-state index is -4.41. The van der Waals surface area contributed by atoms with Crippen LogP contribution in [0.2, 0.25) is 0 Å². The van der Waals surface area contributed by atoms with Crippen LogP contribution < -0.4 is 9.57 Å². The fourth-order valence-electron chi connectivity index (χ4n) is 0.680.